The maximum Gasteiger partial charge on any atom is 0.409 e. The summed E-state index contributed by atoms with van der Waals surface area (Å²) in [6.07, 6.45) is -2.71. The van der Waals surface area contributed by atoms with Crippen molar-refractivity contribution in [2.75, 3.05) is 5.32 Å². The number of anilines is 1. The summed E-state index contributed by atoms with van der Waals surface area (Å²) < 4.78 is 38.4. The summed E-state index contributed by atoms with van der Waals surface area (Å²) in [5, 5.41) is 22.0. The topological polar surface area (TPSA) is 86.3 Å². The van der Waals surface area contributed by atoms with Crippen molar-refractivity contribution >= 4 is 5.69 Å². The Balaban J connectivity index is 1.60. The van der Waals surface area contributed by atoms with Crippen LogP contribution >= 0.6 is 0 Å². The Morgan fingerprint density at radius 2 is 1.81 bits per heavy atom. The number of alkyl halides is 3. The van der Waals surface area contributed by atoms with E-state index in [0.29, 0.717) is 17.0 Å². The van der Waals surface area contributed by atoms with Crippen molar-refractivity contribution in [3.8, 4) is 0 Å². The maximum atomic E-state index is 12.3. The molecule has 138 valence electrons. The van der Waals surface area contributed by atoms with Crippen molar-refractivity contribution in [2.24, 2.45) is 0 Å². The number of nitrogens with zero attached hydrogens (tertiary/aromatic N) is 7. The zero-order valence-electron chi connectivity index (χ0n) is 14.2. The van der Waals surface area contributed by atoms with Crippen molar-refractivity contribution in [3.63, 3.8) is 0 Å². The molecule has 2 aromatic heterocycles. The van der Waals surface area contributed by atoms with Gasteiger partial charge in [-0.3, -0.25) is 0 Å². The van der Waals surface area contributed by atoms with Crippen LogP contribution in [0.25, 0.3) is 0 Å². The normalized spacial score (nSPS) is 11.7. The largest absolute Gasteiger partial charge is 0.409 e. The highest BCUT2D eigenvalue weighted by Gasteiger charge is 2.29. The summed E-state index contributed by atoms with van der Waals surface area (Å²) >= 11 is 0. The molecule has 1 aromatic carbocycles. The lowest BCUT2D eigenvalue weighted by Gasteiger charge is -2.10. The standard InChI is InChI=1S/C15H17F3N8/c1-10-4-3-5-11(2)14(10)19-6-12-7-25(23-20-12)8-13-21-24-26(22-13)9-15(16,17)18/h3-5,7,19H,6,8-9H2,1-2H3. The molecule has 0 fully saturated rings. The Morgan fingerprint density at radius 1 is 1.08 bits per heavy atom. The van der Waals surface area contributed by atoms with E-state index in [4.69, 9.17) is 0 Å². The van der Waals surface area contributed by atoms with Crippen LogP contribution in [0.15, 0.2) is 24.4 Å². The predicted octanol–water partition coefficient (Wildman–Crippen LogP) is 2.10. The molecule has 0 bridgehead atoms. The van der Waals surface area contributed by atoms with E-state index in [1.165, 1.54) is 4.68 Å². The van der Waals surface area contributed by atoms with Crippen LogP contribution < -0.4 is 5.32 Å². The molecule has 3 rings (SSSR count). The lowest BCUT2D eigenvalue weighted by molar-refractivity contribution is -0.145. The molecule has 0 atom stereocenters. The molecular formula is C15H17F3N8. The van der Waals surface area contributed by atoms with Gasteiger partial charge in [-0.05, 0) is 30.2 Å². The van der Waals surface area contributed by atoms with Crippen molar-refractivity contribution < 1.29 is 13.2 Å². The van der Waals surface area contributed by atoms with Gasteiger partial charge in [0.15, 0.2) is 12.4 Å². The molecule has 0 saturated carbocycles. The summed E-state index contributed by atoms with van der Waals surface area (Å²) in [4.78, 5) is 0.510. The summed E-state index contributed by atoms with van der Waals surface area (Å²) in [6, 6.07) is 6.02. The minimum Gasteiger partial charge on any atom is -0.379 e. The average molecular weight is 366 g/mol. The van der Waals surface area contributed by atoms with E-state index in [1.54, 1.807) is 6.20 Å². The van der Waals surface area contributed by atoms with Crippen molar-refractivity contribution in [2.45, 2.75) is 39.7 Å². The minimum absolute atomic E-state index is 0.0915. The molecule has 0 unspecified atom stereocenters. The number of halogens is 3. The van der Waals surface area contributed by atoms with E-state index in [9.17, 15) is 13.2 Å². The fourth-order valence-corrected chi connectivity index (χ4v) is 2.48. The fraction of sp³-hybridized carbons (Fsp3) is 0.400. The van der Waals surface area contributed by atoms with Crippen LogP contribution in [0.2, 0.25) is 0 Å². The van der Waals surface area contributed by atoms with Gasteiger partial charge < -0.3 is 5.32 Å². The second-order valence-electron chi connectivity index (χ2n) is 5.88. The highest BCUT2D eigenvalue weighted by atomic mass is 19.4. The number of tetrazole rings is 1. The highest BCUT2D eigenvalue weighted by Crippen LogP contribution is 2.20. The molecule has 0 amide bonds. The van der Waals surface area contributed by atoms with Crippen LogP contribution in [-0.2, 0) is 19.6 Å². The van der Waals surface area contributed by atoms with Gasteiger partial charge in [0.05, 0.1) is 12.7 Å². The number of benzene rings is 1. The monoisotopic (exact) mass is 366 g/mol. The van der Waals surface area contributed by atoms with Gasteiger partial charge in [0.1, 0.15) is 12.2 Å². The quantitative estimate of drug-likeness (QED) is 0.719. The average Bonchev–Trinajstić information content (AvgIpc) is 3.15. The predicted molar refractivity (Wildman–Crippen MR) is 86.2 cm³/mol. The van der Waals surface area contributed by atoms with Gasteiger partial charge in [-0.25, -0.2) is 4.68 Å². The fourth-order valence-electron chi connectivity index (χ4n) is 2.48. The Hall–Kier alpha value is -2.98. The van der Waals surface area contributed by atoms with Crippen LogP contribution in [0, 0.1) is 13.8 Å². The molecule has 3 aromatic rings. The lowest BCUT2D eigenvalue weighted by atomic mass is 10.1. The number of aryl methyl sites for hydroxylation is 2. The third kappa shape index (κ3) is 4.55. The van der Waals surface area contributed by atoms with Crippen molar-refractivity contribution in [1.29, 1.82) is 0 Å². The summed E-state index contributed by atoms with van der Waals surface area (Å²) in [7, 11) is 0. The van der Waals surface area contributed by atoms with E-state index < -0.39 is 12.7 Å². The first-order valence-corrected chi connectivity index (χ1v) is 7.83. The van der Waals surface area contributed by atoms with Gasteiger partial charge in [0.2, 0.25) is 0 Å². The summed E-state index contributed by atoms with van der Waals surface area (Å²) in [6.45, 7) is 3.32. The lowest BCUT2D eigenvalue weighted by Crippen LogP contribution is -2.19. The molecule has 0 aliphatic heterocycles. The Labute approximate surface area is 147 Å². The zero-order valence-corrected chi connectivity index (χ0v) is 14.2. The van der Waals surface area contributed by atoms with Gasteiger partial charge in [0.25, 0.3) is 0 Å². The van der Waals surface area contributed by atoms with Crippen LogP contribution in [0.5, 0.6) is 0 Å². The second kappa shape index (κ2) is 7.10. The summed E-state index contributed by atoms with van der Waals surface area (Å²) in [5.41, 5.74) is 3.99. The number of hydrogen-bond acceptors (Lipinski definition) is 6. The number of aromatic nitrogens is 7. The van der Waals surface area contributed by atoms with E-state index in [2.05, 4.69) is 31.0 Å². The first kappa shape index (κ1) is 17.8. The zero-order chi connectivity index (χ0) is 18.7. The maximum absolute atomic E-state index is 12.3. The molecule has 0 spiro atoms. The first-order chi connectivity index (χ1) is 12.3. The Kier molecular flexibility index (Phi) is 4.87. The molecule has 0 saturated heterocycles. The molecule has 0 aliphatic carbocycles. The van der Waals surface area contributed by atoms with Gasteiger partial charge in [0, 0.05) is 5.69 Å². The third-order valence-electron chi connectivity index (χ3n) is 3.63. The van der Waals surface area contributed by atoms with Gasteiger partial charge in [-0.1, -0.05) is 23.4 Å². The van der Waals surface area contributed by atoms with Crippen LogP contribution in [0.3, 0.4) is 0 Å². The van der Waals surface area contributed by atoms with Crippen LogP contribution in [-0.4, -0.2) is 41.4 Å². The number of rotatable bonds is 6. The van der Waals surface area contributed by atoms with Gasteiger partial charge in [-0.2, -0.15) is 18.0 Å². The molecule has 26 heavy (non-hydrogen) atoms. The van der Waals surface area contributed by atoms with Crippen molar-refractivity contribution in [1.82, 2.24) is 35.2 Å². The third-order valence-corrected chi connectivity index (χ3v) is 3.63. The van der Waals surface area contributed by atoms with E-state index in [1.807, 2.05) is 32.0 Å². The molecule has 8 nitrogen and oxygen atoms in total. The summed E-state index contributed by atoms with van der Waals surface area (Å²) in [5.74, 6) is 0.133. The van der Waals surface area contributed by atoms with Crippen LogP contribution in [0.4, 0.5) is 18.9 Å². The molecule has 11 heteroatoms. The van der Waals surface area contributed by atoms with Gasteiger partial charge in [-0.15, -0.1) is 15.3 Å². The Bertz CT molecular complexity index is 863. The minimum atomic E-state index is -4.39. The number of para-hydroxylation sites is 1. The SMILES string of the molecule is Cc1cccc(C)c1NCc1cn(Cc2nnn(CC(F)(F)F)n2)nn1. The smallest absolute Gasteiger partial charge is 0.379 e. The molecule has 2 heterocycles. The molecule has 0 aliphatic rings. The number of nitrogens with one attached hydrogen (secondary N) is 1. The van der Waals surface area contributed by atoms with Crippen LogP contribution in [0.1, 0.15) is 22.6 Å². The number of hydrogen-bond donors (Lipinski definition) is 1. The first-order valence-electron chi connectivity index (χ1n) is 7.83. The Morgan fingerprint density at radius 3 is 2.50 bits per heavy atom. The molecule has 0 radical (unpaired) electrons. The molecular weight excluding hydrogens is 349 g/mol. The second-order valence-corrected chi connectivity index (χ2v) is 5.88. The van der Waals surface area contributed by atoms with Gasteiger partial charge >= 0.3 is 6.18 Å². The highest BCUT2D eigenvalue weighted by molar-refractivity contribution is 5.56. The molecule has 1 N–H and O–H groups in total. The van der Waals surface area contributed by atoms with Crippen molar-refractivity contribution in [3.05, 3.63) is 47.0 Å². The van der Waals surface area contributed by atoms with E-state index >= 15 is 0 Å². The van der Waals surface area contributed by atoms with E-state index in [0.717, 1.165) is 16.8 Å². The van der Waals surface area contributed by atoms with E-state index in [-0.39, 0.29) is 12.4 Å².